The molecule has 0 aromatic heterocycles. The molecule has 0 spiro atoms. The number of carboxylic acid groups (broad SMARTS) is 1. The number of nitrogens with one attached hydrogen (secondary N) is 1. The van der Waals surface area contributed by atoms with Gasteiger partial charge < -0.3 is 28.8 Å². The second-order valence-electron chi connectivity index (χ2n) is 10.7. The standard InChI is InChI=1S/C28H43NO10/c1-9-20(8)29-28(25(31)32,39-24(30)12-17(2)3)14-21-10-11-22(37-26(33)35-15-18(4)5)23(13-21)38-27(34)36-16-19(6)7/h10-11,13,17-20,29H,9,12,14-16H2,1-8H3,(H,31,32)/t20?,28-/m0/s1. The smallest absolute Gasteiger partial charge is 0.477 e. The van der Waals surface area contributed by atoms with E-state index in [2.05, 4.69) is 5.32 Å². The average Bonchev–Trinajstić information content (AvgIpc) is 2.82. The lowest BCUT2D eigenvalue weighted by Gasteiger charge is -2.33. The van der Waals surface area contributed by atoms with Gasteiger partial charge in [-0.15, -0.1) is 0 Å². The highest BCUT2D eigenvalue weighted by molar-refractivity contribution is 5.82. The molecule has 220 valence electrons. The molecule has 0 amide bonds. The first kappa shape index (κ1) is 33.7. The molecule has 0 aliphatic rings. The summed E-state index contributed by atoms with van der Waals surface area (Å²) < 4.78 is 26.2. The van der Waals surface area contributed by atoms with Crippen LogP contribution in [0.5, 0.6) is 11.5 Å². The average molecular weight is 554 g/mol. The van der Waals surface area contributed by atoms with Crippen LogP contribution >= 0.6 is 0 Å². The summed E-state index contributed by atoms with van der Waals surface area (Å²) in [6.45, 7) is 14.9. The van der Waals surface area contributed by atoms with Gasteiger partial charge in [-0.2, -0.15) is 0 Å². The number of carbonyl (C=O) groups excluding carboxylic acids is 3. The van der Waals surface area contributed by atoms with Crippen LogP contribution in [0, 0.1) is 17.8 Å². The van der Waals surface area contributed by atoms with Crippen LogP contribution in [0.2, 0.25) is 0 Å². The maximum atomic E-state index is 12.6. The molecule has 11 nitrogen and oxygen atoms in total. The number of carboxylic acids is 1. The molecule has 2 N–H and O–H groups in total. The highest BCUT2D eigenvalue weighted by Crippen LogP contribution is 2.31. The second kappa shape index (κ2) is 15.9. The fourth-order valence-electron chi connectivity index (χ4n) is 3.19. The van der Waals surface area contributed by atoms with Gasteiger partial charge in [0.25, 0.3) is 5.72 Å². The minimum absolute atomic E-state index is 0.0263. The molecule has 1 unspecified atom stereocenters. The van der Waals surface area contributed by atoms with Crippen LogP contribution < -0.4 is 14.8 Å². The summed E-state index contributed by atoms with van der Waals surface area (Å²) in [5.74, 6) is -2.32. The van der Waals surface area contributed by atoms with Crippen LogP contribution in [-0.4, -0.2) is 54.3 Å². The lowest BCUT2D eigenvalue weighted by atomic mass is 10.00. The number of aliphatic carboxylic acids is 1. The predicted octanol–water partition coefficient (Wildman–Crippen LogP) is 5.33. The molecule has 1 aromatic carbocycles. The highest BCUT2D eigenvalue weighted by Gasteiger charge is 2.44. The summed E-state index contributed by atoms with van der Waals surface area (Å²) >= 11 is 0. The number of esters is 1. The summed E-state index contributed by atoms with van der Waals surface area (Å²) in [6, 6.07) is 3.83. The Balaban J connectivity index is 3.41. The Kier molecular flexibility index (Phi) is 13.8. The van der Waals surface area contributed by atoms with Crippen LogP contribution in [0.3, 0.4) is 0 Å². The second-order valence-corrected chi connectivity index (χ2v) is 10.7. The van der Waals surface area contributed by atoms with E-state index in [-0.39, 0.29) is 61.3 Å². The van der Waals surface area contributed by atoms with Gasteiger partial charge in [-0.05, 0) is 48.8 Å². The molecule has 0 aliphatic heterocycles. The first-order valence-corrected chi connectivity index (χ1v) is 13.2. The molecule has 11 heteroatoms. The highest BCUT2D eigenvalue weighted by atomic mass is 16.7. The minimum Gasteiger partial charge on any atom is -0.477 e. The number of ether oxygens (including phenoxy) is 5. The number of benzene rings is 1. The van der Waals surface area contributed by atoms with Crippen molar-refractivity contribution in [3.05, 3.63) is 23.8 Å². The molecule has 2 atom stereocenters. The zero-order valence-corrected chi connectivity index (χ0v) is 24.2. The third kappa shape index (κ3) is 12.4. The minimum atomic E-state index is -2.10. The lowest BCUT2D eigenvalue weighted by molar-refractivity contribution is -0.185. The molecule has 1 rings (SSSR count). The van der Waals surface area contributed by atoms with E-state index >= 15 is 0 Å². The third-order valence-corrected chi connectivity index (χ3v) is 5.22. The first-order valence-electron chi connectivity index (χ1n) is 13.2. The summed E-state index contributed by atoms with van der Waals surface area (Å²) in [7, 11) is 0. The third-order valence-electron chi connectivity index (χ3n) is 5.22. The summed E-state index contributed by atoms with van der Waals surface area (Å²) in [6.07, 6.45) is -1.76. The van der Waals surface area contributed by atoms with Crippen LogP contribution in [0.15, 0.2) is 18.2 Å². The quantitative estimate of drug-likeness (QED) is 0.126. The molecule has 0 radical (unpaired) electrons. The van der Waals surface area contributed by atoms with Gasteiger partial charge in [0.15, 0.2) is 11.5 Å². The fourth-order valence-corrected chi connectivity index (χ4v) is 3.19. The van der Waals surface area contributed by atoms with E-state index in [0.29, 0.717) is 12.0 Å². The van der Waals surface area contributed by atoms with Crippen LogP contribution in [0.25, 0.3) is 0 Å². The summed E-state index contributed by atoms with van der Waals surface area (Å²) in [4.78, 5) is 49.6. The Morgan fingerprint density at radius 1 is 0.846 bits per heavy atom. The number of hydrogen-bond donors (Lipinski definition) is 2. The molecule has 0 fully saturated rings. The molecule has 1 aromatic rings. The van der Waals surface area contributed by atoms with Gasteiger partial charge in [-0.1, -0.05) is 54.5 Å². The van der Waals surface area contributed by atoms with E-state index in [4.69, 9.17) is 23.7 Å². The van der Waals surface area contributed by atoms with Gasteiger partial charge in [0.05, 0.1) is 13.2 Å². The van der Waals surface area contributed by atoms with E-state index < -0.39 is 30.0 Å². The number of hydrogen-bond acceptors (Lipinski definition) is 10. The number of carbonyl (C=O) groups is 4. The van der Waals surface area contributed by atoms with Gasteiger partial charge in [0.1, 0.15) is 0 Å². The Bertz CT molecular complexity index is 975. The Morgan fingerprint density at radius 2 is 1.38 bits per heavy atom. The van der Waals surface area contributed by atoms with Crippen molar-refractivity contribution in [1.29, 1.82) is 0 Å². The molecule has 0 aliphatic carbocycles. The molecular formula is C28H43NO10. The van der Waals surface area contributed by atoms with Crippen molar-refractivity contribution in [3.63, 3.8) is 0 Å². The fraction of sp³-hybridized carbons (Fsp3) is 0.643. The molecular weight excluding hydrogens is 510 g/mol. The first-order chi connectivity index (χ1) is 18.2. The van der Waals surface area contributed by atoms with Gasteiger partial charge in [-0.25, -0.2) is 14.4 Å². The molecule has 0 heterocycles. The zero-order valence-electron chi connectivity index (χ0n) is 24.2. The Labute approximate surface area is 230 Å². The monoisotopic (exact) mass is 553 g/mol. The SMILES string of the molecule is CCC(C)N[C@@](Cc1ccc(OC(=O)OCC(C)C)c(OC(=O)OCC(C)C)c1)(OC(=O)CC(C)C)C(=O)O. The van der Waals surface area contributed by atoms with Crippen LogP contribution in [0.1, 0.15) is 73.8 Å². The summed E-state index contributed by atoms with van der Waals surface area (Å²) in [5.41, 5.74) is -1.78. The van der Waals surface area contributed by atoms with Gasteiger partial charge in [0.2, 0.25) is 0 Å². The Morgan fingerprint density at radius 3 is 1.85 bits per heavy atom. The van der Waals surface area contributed by atoms with Crippen LogP contribution in [0.4, 0.5) is 9.59 Å². The predicted molar refractivity (Wildman–Crippen MR) is 143 cm³/mol. The van der Waals surface area contributed by atoms with Crippen molar-refractivity contribution < 1.29 is 48.0 Å². The number of rotatable bonds is 15. The van der Waals surface area contributed by atoms with E-state index in [9.17, 15) is 24.3 Å². The van der Waals surface area contributed by atoms with Crippen LogP contribution in [-0.2, 0) is 30.2 Å². The molecule has 39 heavy (non-hydrogen) atoms. The molecule has 0 saturated carbocycles. The van der Waals surface area contributed by atoms with Crippen molar-refractivity contribution >= 4 is 24.2 Å². The van der Waals surface area contributed by atoms with E-state index in [0.717, 1.165) is 0 Å². The van der Waals surface area contributed by atoms with Crippen molar-refractivity contribution in [2.45, 2.75) is 86.4 Å². The maximum absolute atomic E-state index is 12.6. The summed E-state index contributed by atoms with van der Waals surface area (Å²) in [5, 5.41) is 13.1. The normalized spacial score (nSPS) is 13.5. The molecule has 0 bridgehead atoms. The van der Waals surface area contributed by atoms with E-state index in [1.54, 1.807) is 6.92 Å². The van der Waals surface area contributed by atoms with Crippen molar-refractivity contribution in [1.82, 2.24) is 5.32 Å². The van der Waals surface area contributed by atoms with Gasteiger partial charge in [0, 0.05) is 18.9 Å². The van der Waals surface area contributed by atoms with Gasteiger partial charge >= 0.3 is 24.2 Å². The molecule has 0 saturated heterocycles. The largest absolute Gasteiger partial charge is 0.513 e. The van der Waals surface area contributed by atoms with E-state index in [1.165, 1.54) is 18.2 Å². The van der Waals surface area contributed by atoms with Crippen molar-refractivity contribution in [2.24, 2.45) is 17.8 Å². The van der Waals surface area contributed by atoms with Crippen molar-refractivity contribution in [2.75, 3.05) is 13.2 Å². The Hall–Kier alpha value is -3.34. The maximum Gasteiger partial charge on any atom is 0.513 e. The zero-order chi connectivity index (χ0) is 29.8. The topological polar surface area (TPSA) is 147 Å². The van der Waals surface area contributed by atoms with Crippen molar-refractivity contribution in [3.8, 4) is 11.5 Å². The van der Waals surface area contributed by atoms with Gasteiger partial charge in [-0.3, -0.25) is 10.1 Å². The van der Waals surface area contributed by atoms with E-state index in [1.807, 2.05) is 48.5 Å². The lowest BCUT2D eigenvalue weighted by Crippen LogP contribution is -2.59.